The van der Waals surface area contributed by atoms with Gasteiger partial charge in [-0.05, 0) is 18.9 Å². The number of amides is 1. The summed E-state index contributed by atoms with van der Waals surface area (Å²) in [4.78, 5) is 11.7. The van der Waals surface area contributed by atoms with Crippen LogP contribution >= 0.6 is 0 Å². The van der Waals surface area contributed by atoms with E-state index < -0.39 is 0 Å². The van der Waals surface area contributed by atoms with Crippen LogP contribution in [0.1, 0.15) is 32.1 Å². The van der Waals surface area contributed by atoms with Gasteiger partial charge in [0.05, 0.1) is 6.10 Å². The predicted octanol–water partition coefficient (Wildman–Crippen LogP) is 0.940. The molecule has 0 spiro atoms. The first kappa shape index (κ1) is 13.1. The van der Waals surface area contributed by atoms with Crippen molar-refractivity contribution in [1.29, 1.82) is 0 Å². The fourth-order valence-electron chi connectivity index (χ4n) is 2.41. The minimum absolute atomic E-state index is 0.0308. The average molecular weight is 251 g/mol. The van der Waals surface area contributed by atoms with Crippen LogP contribution in [0.2, 0.25) is 0 Å². The van der Waals surface area contributed by atoms with E-state index in [2.05, 4.69) is 10.4 Å². The zero-order valence-electron chi connectivity index (χ0n) is 10.6. The fourth-order valence-corrected chi connectivity index (χ4v) is 2.41. The van der Waals surface area contributed by atoms with E-state index in [4.69, 9.17) is 0 Å². The molecule has 0 radical (unpaired) electrons. The second-order valence-electron chi connectivity index (χ2n) is 4.94. The maximum atomic E-state index is 11.7. The quantitative estimate of drug-likeness (QED) is 0.818. The Morgan fingerprint density at radius 1 is 1.44 bits per heavy atom. The van der Waals surface area contributed by atoms with Crippen LogP contribution < -0.4 is 5.32 Å². The highest BCUT2D eigenvalue weighted by atomic mass is 16.3. The highest BCUT2D eigenvalue weighted by Gasteiger charge is 2.23. The van der Waals surface area contributed by atoms with Crippen molar-refractivity contribution in [3.8, 4) is 0 Å². The van der Waals surface area contributed by atoms with Gasteiger partial charge >= 0.3 is 0 Å². The highest BCUT2D eigenvalue weighted by Crippen LogP contribution is 2.23. The Bertz CT molecular complexity index is 364. The molecule has 1 aromatic heterocycles. The summed E-state index contributed by atoms with van der Waals surface area (Å²) in [6.45, 7) is 1.20. The van der Waals surface area contributed by atoms with Crippen molar-refractivity contribution >= 4 is 5.91 Å². The smallest absolute Gasteiger partial charge is 0.221 e. The van der Waals surface area contributed by atoms with Gasteiger partial charge in [0, 0.05) is 37.8 Å². The van der Waals surface area contributed by atoms with Gasteiger partial charge in [0.2, 0.25) is 5.91 Å². The van der Waals surface area contributed by atoms with E-state index in [-0.39, 0.29) is 17.9 Å². The lowest BCUT2D eigenvalue weighted by Crippen LogP contribution is -2.36. The molecule has 0 aliphatic heterocycles. The molecule has 1 amide bonds. The van der Waals surface area contributed by atoms with Gasteiger partial charge in [-0.25, -0.2) is 0 Å². The number of rotatable bonds is 5. The summed E-state index contributed by atoms with van der Waals surface area (Å²) in [6.07, 6.45) is 7.88. The molecule has 1 heterocycles. The lowest BCUT2D eigenvalue weighted by Gasteiger charge is -2.27. The number of carbonyl (C=O) groups excluding carboxylic acids is 1. The molecule has 2 rings (SSSR count). The van der Waals surface area contributed by atoms with Gasteiger partial charge < -0.3 is 10.4 Å². The van der Waals surface area contributed by atoms with E-state index >= 15 is 0 Å². The molecule has 1 aliphatic rings. The topological polar surface area (TPSA) is 67.2 Å². The van der Waals surface area contributed by atoms with Crippen LogP contribution in [0.15, 0.2) is 18.5 Å². The number of hydrogen-bond acceptors (Lipinski definition) is 3. The Morgan fingerprint density at radius 2 is 2.28 bits per heavy atom. The van der Waals surface area contributed by atoms with E-state index in [1.807, 2.05) is 12.3 Å². The minimum Gasteiger partial charge on any atom is -0.393 e. The van der Waals surface area contributed by atoms with Crippen LogP contribution in [0.4, 0.5) is 0 Å². The second kappa shape index (κ2) is 6.54. The Labute approximate surface area is 107 Å². The molecule has 100 valence electrons. The Hall–Kier alpha value is -1.36. The molecular formula is C13H21N3O2. The SMILES string of the molecule is O=C(CCn1cccn1)NCC1CCCCC1O. The largest absolute Gasteiger partial charge is 0.393 e. The van der Waals surface area contributed by atoms with Gasteiger partial charge in [0.15, 0.2) is 0 Å². The van der Waals surface area contributed by atoms with Gasteiger partial charge in [-0.2, -0.15) is 5.10 Å². The Morgan fingerprint density at radius 3 is 3.00 bits per heavy atom. The summed E-state index contributed by atoms with van der Waals surface area (Å²) >= 11 is 0. The molecule has 1 aromatic rings. The third kappa shape index (κ3) is 3.84. The highest BCUT2D eigenvalue weighted by molar-refractivity contribution is 5.75. The van der Waals surface area contributed by atoms with Crippen LogP contribution in [0.5, 0.6) is 0 Å². The van der Waals surface area contributed by atoms with Crippen LogP contribution in [-0.2, 0) is 11.3 Å². The van der Waals surface area contributed by atoms with E-state index in [0.29, 0.717) is 19.5 Å². The number of nitrogens with one attached hydrogen (secondary N) is 1. The Balaban J connectivity index is 1.65. The molecule has 1 fully saturated rings. The van der Waals surface area contributed by atoms with E-state index in [9.17, 15) is 9.90 Å². The number of aliphatic hydroxyl groups excluding tert-OH is 1. The van der Waals surface area contributed by atoms with E-state index in [1.54, 1.807) is 10.9 Å². The van der Waals surface area contributed by atoms with Gasteiger partial charge in [0.25, 0.3) is 0 Å². The molecule has 5 nitrogen and oxygen atoms in total. The molecule has 0 saturated heterocycles. The van der Waals surface area contributed by atoms with Gasteiger partial charge in [0.1, 0.15) is 0 Å². The van der Waals surface area contributed by atoms with Gasteiger partial charge in [-0.3, -0.25) is 9.48 Å². The first-order valence-corrected chi connectivity index (χ1v) is 6.68. The summed E-state index contributed by atoms with van der Waals surface area (Å²) in [7, 11) is 0. The molecule has 2 N–H and O–H groups in total. The van der Waals surface area contributed by atoms with Crippen LogP contribution in [-0.4, -0.2) is 33.4 Å². The zero-order valence-corrected chi connectivity index (χ0v) is 10.6. The molecule has 18 heavy (non-hydrogen) atoms. The Kier molecular flexibility index (Phi) is 4.75. The molecule has 1 aliphatic carbocycles. The van der Waals surface area contributed by atoms with Crippen molar-refractivity contribution < 1.29 is 9.90 Å². The number of carbonyl (C=O) groups is 1. The number of nitrogens with zero attached hydrogens (tertiary/aromatic N) is 2. The molecule has 2 unspecified atom stereocenters. The number of aliphatic hydroxyl groups is 1. The van der Waals surface area contributed by atoms with E-state index in [1.165, 1.54) is 0 Å². The van der Waals surface area contributed by atoms with Gasteiger partial charge in [-0.1, -0.05) is 12.8 Å². The lowest BCUT2D eigenvalue weighted by molar-refractivity contribution is -0.121. The maximum absolute atomic E-state index is 11.7. The summed E-state index contributed by atoms with van der Waals surface area (Å²) < 4.78 is 1.75. The third-order valence-corrected chi connectivity index (χ3v) is 3.56. The average Bonchev–Trinajstić information content (AvgIpc) is 2.88. The molecular weight excluding hydrogens is 230 g/mol. The number of hydrogen-bond donors (Lipinski definition) is 2. The number of aromatic nitrogens is 2. The summed E-state index contributed by atoms with van der Waals surface area (Å²) in [5.74, 6) is 0.260. The molecule has 0 aromatic carbocycles. The second-order valence-corrected chi connectivity index (χ2v) is 4.94. The molecule has 2 atom stereocenters. The normalized spacial score (nSPS) is 23.8. The lowest BCUT2D eigenvalue weighted by atomic mass is 9.86. The van der Waals surface area contributed by atoms with Crippen molar-refractivity contribution in [1.82, 2.24) is 15.1 Å². The monoisotopic (exact) mass is 251 g/mol. The number of aryl methyl sites for hydroxylation is 1. The fraction of sp³-hybridized carbons (Fsp3) is 0.692. The molecule has 0 bridgehead atoms. The van der Waals surface area contributed by atoms with Crippen molar-refractivity contribution in [2.45, 2.75) is 44.8 Å². The minimum atomic E-state index is -0.245. The van der Waals surface area contributed by atoms with Crippen molar-refractivity contribution in [3.63, 3.8) is 0 Å². The predicted molar refractivity (Wildman–Crippen MR) is 67.8 cm³/mol. The van der Waals surface area contributed by atoms with Crippen LogP contribution in [0, 0.1) is 5.92 Å². The third-order valence-electron chi connectivity index (χ3n) is 3.56. The van der Waals surface area contributed by atoms with Crippen LogP contribution in [0.3, 0.4) is 0 Å². The van der Waals surface area contributed by atoms with Crippen molar-refractivity contribution in [2.24, 2.45) is 5.92 Å². The first-order valence-electron chi connectivity index (χ1n) is 6.68. The van der Waals surface area contributed by atoms with E-state index in [0.717, 1.165) is 25.7 Å². The van der Waals surface area contributed by atoms with Crippen molar-refractivity contribution in [2.75, 3.05) is 6.54 Å². The first-order chi connectivity index (χ1) is 8.75. The molecule has 5 heteroatoms. The summed E-state index contributed by atoms with van der Waals surface area (Å²) in [6, 6.07) is 1.84. The maximum Gasteiger partial charge on any atom is 0.221 e. The van der Waals surface area contributed by atoms with Crippen LogP contribution in [0.25, 0.3) is 0 Å². The standard InChI is InChI=1S/C13H21N3O2/c17-12-5-2-1-4-11(12)10-14-13(18)6-9-16-8-3-7-15-16/h3,7-8,11-12,17H,1-2,4-6,9-10H2,(H,14,18). The zero-order chi connectivity index (χ0) is 12.8. The summed E-state index contributed by atoms with van der Waals surface area (Å²) in [5, 5.41) is 16.7. The van der Waals surface area contributed by atoms with Crippen molar-refractivity contribution in [3.05, 3.63) is 18.5 Å². The van der Waals surface area contributed by atoms with Gasteiger partial charge in [-0.15, -0.1) is 0 Å². The summed E-state index contributed by atoms with van der Waals surface area (Å²) in [5.41, 5.74) is 0. The molecule has 1 saturated carbocycles.